The second-order valence-electron chi connectivity index (χ2n) is 3.92. The summed E-state index contributed by atoms with van der Waals surface area (Å²) in [5.41, 5.74) is 1.38. The second-order valence-corrected chi connectivity index (χ2v) is 4.86. The van der Waals surface area contributed by atoms with Gasteiger partial charge in [0, 0.05) is 24.1 Å². The van der Waals surface area contributed by atoms with Crippen molar-refractivity contribution in [3.63, 3.8) is 0 Å². The van der Waals surface area contributed by atoms with Crippen molar-refractivity contribution in [3.05, 3.63) is 21.9 Å². The molecule has 0 spiro atoms. The lowest BCUT2D eigenvalue weighted by Gasteiger charge is -2.21. The maximum absolute atomic E-state index is 5.18. The summed E-state index contributed by atoms with van der Waals surface area (Å²) in [7, 11) is 1.76. The molecule has 2 nitrogen and oxygen atoms in total. The topological polar surface area (TPSA) is 21.3 Å². The Morgan fingerprint density at radius 1 is 1.53 bits per heavy atom. The van der Waals surface area contributed by atoms with Gasteiger partial charge in [-0.15, -0.1) is 11.3 Å². The summed E-state index contributed by atoms with van der Waals surface area (Å²) < 4.78 is 5.18. The van der Waals surface area contributed by atoms with Gasteiger partial charge >= 0.3 is 0 Å². The molecule has 1 heterocycles. The summed E-state index contributed by atoms with van der Waals surface area (Å²) in [5.74, 6) is 0. The van der Waals surface area contributed by atoms with Crippen molar-refractivity contribution >= 4 is 11.3 Å². The standard InChI is InChI=1S/C12H21NOS/c1-5-11(8-14-4)13-10(3)12-9(2)6-7-15-12/h6-7,10-11,13H,5,8H2,1-4H3/t10-,11-/m0/s1. The van der Waals surface area contributed by atoms with Gasteiger partial charge < -0.3 is 10.1 Å². The third kappa shape index (κ3) is 3.59. The van der Waals surface area contributed by atoms with Gasteiger partial charge in [-0.2, -0.15) is 0 Å². The first-order valence-corrected chi connectivity index (χ1v) is 6.36. The molecule has 86 valence electrons. The third-order valence-electron chi connectivity index (χ3n) is 2.64. The Kier molecular flexibility index (Phi) is 5.29. The Bertz CT molecular complexity index is 285. The van der Waals surface area contributed by atoms with E-state index in [9.17, 15) is 0 Å². The summed E-state index contributed by atoms with van der Waals surface area (Å²) in [4.78, 5) is 1.43. The highest BCUT2D eigenvalue weighted by Gasteiger charge is 2.13. The van der Waals surface area contributed by atoms with Crippen LogP contribution in [-0.4, -0.2) is 19.8 Å². The molecule has 0 radical (unpaired) electrons. The quantitative estimate of drug-likeness (QED) is 0.806. The lowest BCUT2D eigenvalue weighted by atomic mass is 10.1. The van der Waals surface area contributed by atoms with E-state index in [-0.39, 0.29) is 0 Å². The van der Waals surface area contributed by atoms with Crippen LogP contribution in [0.2, 0.25) is 0 Å². The lowest BCUT2D eigenvalue weighted by Crippen LogP contribution is -2.34. The molecule has 0 saturated carbocycles. The predicted molar refractivity (Wildman–Crippen MR) is 66.6 cm³/mol. The molecule has 0 aliphatic carbocycles. The Labute approximate surface area is 96.7 Å². The van der Waals surface area contributed by atoms with Crippen molar-refractivity contribution in [2.45, 2.75) is 39.3 Å². The summed E-state index contributed by atoms with van der Waals surface area (Å²) in [5, 5.41) is 5.75. The van der Waals surface area contributed by atoms with Gasteiger partial charge in [-0.1, -0.05) is 6.92 Å². The molecule has 0 bridgehead atoms. The molecule has 0 fully saturated rings. The molecule has 0 unspecified atom stereocenters. The van der Waals surface area contributed by atoms with E-state index in [1.165, 1.54) is 10.4 Å². The normalized spacial score (nSPS) is 15.2. The van der Waals surface area contributed by atoms with E-state index in [0.29, 0.717) is 12.1 Å². The number of ether oxygens (including phenoxy) is 1. The fourth-order valence-corrected chi connectivity index (χ4v) is 2.69. The van der Waals surface area contributed by atoms with E-state index in [1.807, 2.05) is 11.3 Å². The number of rotatable bonds is 6. The van der Waals surface area contributed by atoms with E-state index >= 15 is 0 Å². The molecule has 0 aliphatic rings. The smallest absolute Gasteiger partial charge is 0.0615 e. The van der Waals surface area contributed by atoms with Crippen LogP contribution in [-0.2, 0) is 4.74 Å². The van der Waals surface area contributed by atoms with Crippen LogP contribution in [0.25, 0.3) is 0 Å². The van der Waals surface area contributed by atoms with Crippen molar-refractivity contribution < 1.29 is 4.74 Å². The van der Waals surface area contributed by atoms with Gasteiger partial charge in [0.1, 0.15) is 0 Å². The molecular weight excluding hydrogens is 206 g/mol. The maximum atomic E-state index is 5.18. The molecular formula is C12H21NOS. The van der Waals surface area contributed by atoms with Crippen molar-refractivity contribution in [1.82, 2.24) is 5.32 Å². The number of methoxy groups -OCH3 is 1. The number of thiophene rings is 1. The van der Waals surface area contributed by atoms with Crippen LogP contribution < -0.4 is 5.32 Å². The molecule has 0 aromatic carbocycles. The summed E-state index contributed by atoms with van der Waals surface area (Å²) in [6.45, 7) is 7.36. The van der Waals surface area contributed by atoms with Crippen LogP contribution in [0.15, 0.2) is 11.4 Å². The highest BCUT2D eigenvalue weighted by atomic mass is 32.1. The number of aryl methyl sites for hydroxylation is 1. The first kappa shape index (κ1) is 12.7. The molecule has 0 saturated heterocycles. The second kappa shape index (κ2) is 6.26. The van der Waals surface area contributed by atoms with Crippen LogP contribution in [0.5, 0.6) is 0 Å². The van der Waals surface area contributed by atoms with Gasteiger partial charge in [0.15, 0.2) is 0 Å². The van der Waals surface area contributed by atoms with Crippen LogP contribution in [0, 0.1) is 6.92 Å². The largest absolute Gasteiger partial charge is 0.383 e. The Morgan fingerprint density at radius 2 is 2.27 bits per heavy atom. The average molecular weight is 227 g/mol. The fraction of sp³-hybridized carbons (Fsp3) is 0.667. The Balaban J connectivity index is 2.54. The Morgan fingerprint density at radius 3 is 2.73 bits per heavy atom. The molecule has 0 aliphatic heterocycles. The average Bonchev–Trinajstić information content (AvgIpc) is 2.63. The van der Waals surface area contributed by atoms with E-state index in [1.54, 1.807) is 7.11 Å². The van der Waals surface area contributed by atoms with Crippen molar-refractivity contribution in [1.29, 1.82) is 0 Å². The van der Waals surface area contributed by atoms with E-state index < -0.39 is 0 Å². The first-order valence-electron chi connectivity index (χ1n) is 5.48. The van der Waals surface area contributed by atoms with Gasteiger partial charge in [-0.05, 0) is 37.3 Å². The molecule has 15 heavy (non-hydrogen) atoms. The number of hydrogen-bond acceptors (Lipinski definition) is 3. The molecule has 1 aromatic heterocycles. The zero-order valence-electron chi connectivity index (χ0n) is 10.0. The SMILES string of the molecule is CC[C@@H](COC)N[C@@H](C)c1sccc1C. The maximum Gasteiger partial charge on any atom is 0.0615 e. The minimum absolute atomic E-state index is 0.421. The van der Waals surface area contributed by atoms with Crippen molar-refractivity contribution in [2.75, 3.05) is 13.7 Å². The van der Waals surface area contributed by atoms with E-state index in [0.717, 1.165) is 13.0 Å². The van der Waals surface area contributed by atoms with E-state index in [4.69, 9.17) is 4.74 Å². The molecule has 1 N–H and O–H groups in total. The Hall–Kier alpha value is -0.380. The molecule has 1 aromatic rings. The van der Waals surface area contributed by atoms with Gasteiger partial charge in [0.2, 0.25) is 0 Å². The van der Waals surface area contributed by atoms with Crippen molar-refractivity contribution in [2.24, 2.45) is 0 Å². The highest BCUT2D eigenvalue weighted by molar-refractivity contribution is 7.10. The zero-order chi connectivity index (χ0) is 11.3. The first-order chi connectivity index (χ1) is 7.19. The molecule has 1 rings (SSSR count). The van der Waals surface area contributed by atoms with Gasteiger partial charge in [0.25, 0.3) is 0 Å². The van der Waals surface area contributed by atoms with Gasteiger partial charge in [-0.25, -0.2) is 0 Å². The highest BCUT2D eigenvalue weighted by Crippen LogP contribution is 2.23. The molecule has 3 heteroatoms. The van der Waals surface area contributed by atoms with Crippen LogP contribution >= 0.6 is 11.3 Å². The van der Waals surface area contributed by atoms with Crippen LogP contribution in [0.4, 0.5) is 0 Å². The molecule has 2 atom stereocenters. The van der Waals surface area contributed by atoms with E-state index in [2.05, 4.69) is 37.5 Å². The summed E-state index contributed by atoms with van der Waals surface area (Å²) in [6.07, 6.45) is 1.10. The molecule has 0 amide bonds. The minimum Gasteiger partial charge on any atom is -0.383 e. The van der Waals surface area contributed by atoms with Gasteiger partial charge in [0.05, 0.1) is 6.61 Å². The van der Waals surface area contributed by atoms with Gasteiger partial charge in [-0.3, -0.25) is 0 Å². The predicted octanol–water partition coefficient (Wildman–Crippen LogP) is 3.13. The van der Waals surface area contributed by atoms with Crippen LogP contribution in [0.1, 0.15) is 36.8 Å². The minimum atomic E-state index is 0.421. The van der Waals surface area contributed by atoms with Crippen LogP contribution in [0.3, 0.4) is 0 Å². The fourth-order valence-electron chi connectivity index (χ4n) is 1.74. The number of nitrogens with one attached hydrogen (secondary N) is 1. The van der Waals surface area contributed by atoms with Crippen molar-refractivity contribution in [3.8, 4) is 0 Å². The summed E-state index contributed by atoms with van der Waals surface area (Å²) in [6, 6.07) is 3.05. The number of hydrogen-bond donors (Lipinski definition) is 1. The third-order valence-corrected chi connectivity index (χ3v) is 3.84. The monoisotopic (exact) mass is 227 g/mol. The summed E-state index contributed by atoms with van der Waals surface area (Å²) >= 11 is 1.82. The zero-order valence-corrected chi connectivity index (χ0v) is 10.9. The lowest BCUT2D eigenvalue weighted by molar-refractivity contribution is 0.159.